The van der Waals surface area contributed by atoms with E-state index in [1.807, 2.05) is 13.8 Å². The van der Waals surface area contributed by atoms with Crippen molar-refractivity contribution >= 4 is 11.5 Å². The number of carbonyl (C=O) groups excluding carboxylic acids is 1. The number of nitro groups is 1. The molecule has 0 aliphatic rings. The minimum Gasteiger partial charge on any atom is -0.493 e. The van der Waals surface area contributed by atoms with Gasteiger partial charge in [-0.25, -0.2) is 0 Å². The lowest BCUT2D eigenvalue weighted by Crippen LogP contribution is -2.25. The molecule has 0 aromatic heterocycles. The smallest absolute Gasteiger partial charge is 0.280 e. The number of ether oxygens (including phenoxy) is 2. The van der Waals surface area contributed by atoms with Crippen molar-refractivity contribution in [2.45, 2.75) is 32.8 Å². The average Bonchev–Trinajstić information content (AvgIpc) is 2.38. The van der Waals surface area contributed by atoms with Gasteiger partial charge in [0.2, 0.25) is 0 Å². The first kappa shape index (κ1) is 16.1. The van der Waals surface area contributed by atoms with Crippen LogP contribution in [0.5, 0.6) is 5.75 Å². The molecule has 0 atom stereocenters. The van der Waals surface area contributed by atoms with Crippen LogP contribution >= 0.6 is 0 Å². The normalized spacial score (nSPS) is 11.2. The molecule has 1 rings (SSSR count). The number of benzene rings is 1. The van der Waals surface area contributed by atoms with Crippen LogP contribution in [0.3, 0.4) is 0 Å². The fraction of sp³-hybridized carbons (Fsp3) is 0.500. The topological polar surface area (TPSA) is 78.7 Å². The van der Waals surface area contributed by atoms with Crippen LogP contribution in [0.25, 0.3) is 0 Å². The highest BCUT2D eigenvalue weighted by Crippen LogP contribution is 2.25. The molecule has 0 aliphatic heterocycles. The molecule has 0 amide bonds. The summed E-state index contributed by atoms with van der Waals surface area (Å²) in [6.45, 7) is 5.57. The summed E-state index contributed by atoms with van der Waals surface area (Å²) in [5.74, 6) is 0.0760. The molecule has 0 N–H and O–H groups in total. The second-order valence-electron chi connectivity index (χ2n) is 5.05. The second kappa shape index (κ2) is 6.47. The number of Topliss-reactive ketones (excluding diaryl/α,β-unsaturated/α-hetero) is 1. The maximum absolute atomic E-state index is 11.4. The van der Waals surface area contributed by atoms with Crippen LogP contribution < -0.4 is 4.74 Å². The molecule has 0 unspecified atom stereocenters. The first-order chi connectivity index (χ1) is 9.26. The van der Waals surface area contributed by atoms with Gasteiger partial charge < -0.3 is 9.47 Å². The van der Waals surface area contributed by atoms with Gasteiger partial charge in [0, 0.05) is 19.6 Å². The summed E-state index contributed by atoms with van der Waals surface area (Å²) in [5.41, 5.74) is -0.454. The van der Waals surface area contributed by atoms with Crippen LogP contribution in [-0.2, 0) is 4.74 Å². The van der Waals surface area contributed by atoms with Crippen molar-refractivity contribution in [1.29, 1.82) is 0 Å². The standard InChI is InChI=1S/C14H19NO5/c1-10(16)12-9-11(5-6-13(12)15(17)18)20-8-7-14(2,3)19-4/h5-6,9H,7-8H2,1-4H3. The van der Waals surface area contributed by atoms with Gasteiger partial charge in [-0.3, -0.25) is 14.9 Å². The first-order valence-corrected chi connectivity index (χ1v) is 6.24. The minimum absolute atomic E-state index is 0.0542. The molecular formula is C14H19NO5. The van der Waals surface area contributed by atoms with Crippen molar-refractivity contribution in [2.75, 3.05) is 13.7 Å². The second-order valence-corrected chi connectivity index (χ2v) is 5.05. The lowest BCUT2D eigenvalue weighted by Gasteiger charge is -2.22. The van der Waals surface area contributed by atoms with Crippen LogP contribution in [-0.4, -0.2) is 30.0 Å². The SMILES string of the molecule is COC(C)(C)CCOc1ccc([N+](=O)[O-])c(C(C)=O)c1. The lowest BCUT2D eigenvalue weighted by atomic mass is 10.1. The molecule has 6 heteroatoms. The first-order valence-electron chi connectivity index (χ1n) is 6.24. The highest BCUT2D eigenvalue weighted by atomic mass is 16.6. The van der Waals surface area contributed by atoms with E-state index in [2.05, 4.69) is 0 Å². The third-order valence-electron chi connectivity index (χ3n) is 3.07. The number of ketones is 1. The Kier molecular flexibility index (Phi) is 5.21. The fourth-order valence-corrected chi connectivity index (χ4v) is 1.56. The Hall–Kier alpha value is -1.95. The van der Waals surface area contributed by atoms with Gasteiger partial charge in [-0.2, -0.15) is 0 Å². The molecule has 6 nitrogen and oxygen atoms in total. The molecule has 0 heterocycles. The van der Waals surface area contributed by atoms with E-state index in [4.69, 9.17) is 9.47 Å². The van der Waals surface area contributed by atoms with E-state index in [1.54, 1.807) is 7.11 Å². The summed E-state index contributed by atoms with van der Waals surface area (Å²) >= 11 is 0. The number of hydrogen-bond donors (Lipinski definition) is 0. The van der Waals surface area contributed by atoms with E-state index in [0.717, 1.165) is 0 Å². The predicted molar refractivity (Wildman–Crippen MR) is 74.3 cm³/mol. The van der Waals surface area contributed by atoms with Crippen LogP contribution in [0.15, 0.2) is 18.2 Å². The number of hydrogen-bond acceptors (Lipinski definition) is 5. The molecule has 0 fully saturated rings. The molecule has 110 valence electrons. The van der Waals surface area contributed by atoms with Crippen molar-refractivity contribution in [3.63, 3.8) is 0 Å². The third-order valence-corrected chi connectivity index (χ3v) is 3.07. The van der Waals surface area contributed by atoms with Crippen LogP contribution in [0.1, 0.15) is 37.6 Å². The summed E-state index contributed by atoms with van der Waals surface area (Å²) in [5, 5.41) is 10.8. The van der Waals surface area contributed by atoms with Crippen molar-refractivity contribution < 1.29 is 19.2 Å². The van der Waals surface area contributed by atoms with Crippen LogP contribution in [0, 0.1) is 10.1 Å². The summed E-state index contributed by atoms with van der Waals surface area (Å²) in [6.07, 6.45) is 0.663. The highest BCUT2D eigenvalue weighted by Gasteiger charge is 2.19. The van der Waals surface area contributed by atoms with Crippen molar-refractivity contribution in [3.8, 4) is 5.75 Å². The Bertz CT molecular complexity index is 510. The quantitative estimate of drug-likeness (QED) is 0.436. The average molecular weight is 281 g/mol. The largest absolute Gasteiger partial charge is 0.493 e. The Morgan fingerprint density at radius 2 is 2.05 bits per heavy atom. The van der Waals surface area contributed by atoms with E-state index >= 15 is 0 Å². The Labute approximate surface area is 117 Å². The molecular weight excluding hydrogens is 262 g/mol. The Morgan fingerprint density at radius 3 is 2.55 bits per heavy atom. The molecule has 1 aromatic rings. The number of carbonyl (C=O) groups is 1. The fourth-order valence-electron chi connectivity index (χ4n) is 1.56. The predicted octanol–water partition coefficient (Wildman–Crippen LogP) is 2.99. The molecule has 20 heavy (non-hydrogen) atoms. The summed E-state index contributed by atoms with van der Waals surface area (Å²) in [7, 11) is 1.62. The van der Waals surface area contributed by atoms with E-state index in [-0.39, 0.29) is 22.6 Å². The molecule has 0 bridgehead atoms. The molecule has 0 saturated heterocycles. The van der Waals surface area contributed by atoms with Gasteiger partial charge in [-0.05, 0) is 32.9 Å². The van der Waals surface area contributed by atoms with Crippen LogP contribution in [0.4, 0.5) is 5.69 Å². The number of nitrogens with zero attached hydrogens (tertiary/aromatic N) is 1. The van der Waals surface area contributed by atoms with Crippen molar-refractivity contribution in [1.82, 2.24) is 0 Å². The summed E-state index contributed by atoms with van der Waals surface area (Å²) in [6, 6.07) is 4.18. The summed E-state index contributed by atoms with van der Waals surface area (Å²) in [4.78, 5) is 21.7. The van der Waals surface area contributed by atoms with Gasteiger partial charge in [0.1, 0.15) is 5.75 Å². The highest BCUT2D eigenvalue weighted by molar-refractivity contribution is 5.98. The summed E-state index contributed by atoms with van der Waals surface area (Å²) < 4.78 is 10.8. The van der Waals surface area contributed by atoms with Gasteiger partial charge in [0.05, 0.1) is 22.7 Å². The number of rotatable bonds is 7. The molecule has 0 radical (unpaired) electrons. The van der Waals surface area contributed by atoms with E-state index < -0.39 is 4.92 Å². The van der Waals surface area contributed by atoms with E-state index in [0.29, 0.717) is 18.8 Å². The maximum Gasteiger partial charge on any atom is 0.280 e. The monoisotopic (exact) mass is 281 g/mol. The van der Waals surface area contributed by atoms with Crippen molar-refractivity contribution in [3.05, 3.63) is 33.9 Å². The van der Waals surface area contributed by atoms with Gasteiger partial charge in [-0.1, -0.05) is 0 Å². The Balaban J connectivity index is 2.81. The van der Waals surface area contributed by atoms with Crippen LogP contribution in [0.2, 0.25) is 0 Å². The lowest BCUT2D eigenvalue weighted by molar-refractivity contribution is -0.385. The zero-order valence-corrected chi connectivity index (χ0v) is 12.1. The van der Waals surface area contributed by atoms with Gasteiger partial charge in [-0.15, -0.1) is 0 Å². The number of methoxy groups -OCH3 is 1. The van der Waals surface area contributed by atoms with Gasteiger partial charge in [0.15, 0.2) is 5.78 Å². The minimum atomic E-state index is -0.575. The van der Waals surface area contributed by atoms with Crippen molar-refractivity contribution in [2.24, 2.45) is 0 Å². The maximum atomic E-state index is 11.4. The molecule has 0 spiro atoms. The van der Waals surface area contributed by atoms with E-state index in [1.165, 1.54) is 25.1 Å². The van der Waals surface area contributed by atoms with Gasteiger partial charge in [0.25, 0.3) is 5.69 Å². The Morgan fingerprint density at radius 1 is 1.40 bits per heavy atom. The van der Waals surface area contributed by atoms with E-state index in [9.17, 15) is 14.9 Å². The molecule has 1 aromatic carbocycles. The molecule has 0 aliphatic carbocycles. The zero-order chi connectivity index (χ0) is 15.3. The molecule has 0 saturated carbocycles. The number of nitro benzene ring substituents is 1. The third kappa shape index (κ3) is 4.31. The van der Waals surface area contributed by atoms with Gasteiger partial charge >= 0.3 is 0 Å². The zero-order valence-electron chi connectivity index (χ0n) is 12.1.